The maximum atomic E-state index is 5.67. The number of ether oxygens (including phenoxy) is 1. The summed E-state index contributed by atoms with van der Waals surface area (Å²) in [6.07, 6.45) is 6.49. The standard InChI is InChI=1S/C18H28N2O/c1-3-16(20-10-5-4-6-14(20)2)12-15-7-8-18-17(13-15)19-9-11-21-18/h7-8,13-14,16,19H,3-6,9-12H2,1-2H3. The molecule has 1 fully saturated rings. The van der Waals surface area contributed by atoms with Crippen molar-refractivity contribution >= 4 is 5.69 Å². The third-order valence-electron chi connectivity index (χ3n) is 4.99. The van der Waals surface area contributed by atoms with Crippen LogP contribution >= 0.6 is 0 Å². The predicted molar refractivity (Wildman–Crippen MR) is 88.2 cm³/mol. The summed E-state index contributed by atoms with van der Waals surface area (Å²) in [6, 6.07) is 8.06. The minimum Gasteiger partial charge on any atom is -0.490 e. The molecule has 0 bridgehead atoms. The lowest BCUT2D eigenvalue weighted by Gasteiger charge is -2.39. The summed E-state index contributed by atoms with van der Waals surface area (Å²) < 4.78 is 5.67. The smallest absolute Gasteiger partial charge is 0.142 e. The van der Waals surface area contributed by atoms with Crippen LogP contribution in [0.1, 0.15) is 45.1 Å². The van der Waals surface area contributed by atoms with E-state index in [1.165, 1.54) is 43.5 Å². The number of rotatable bonds is 4. The van der Waals surface area contributed by atoms with Crippen molar-refractivity contribution in [3.63, 3.8) is 0 Å². The highest BCUT2D eigenvalue weighted by atomic mass is 16.5. The van der Waals surface area contributed by atoms with E-state index in [4.69, 9.17) is 4.74 Å². The molecule has 2 heterocycles. The number of hydrogen-bond donors (Lipinski definition) is 1. The van der Waals surface area contributed by atoms with Crippen LogP contribution in [0.15, 0.2) is 18.2 Å². The summed E-state index contributed by atoms with van der Waals surface area (Å²) in [7, 11) is 0. The van der Waals surface area contributed by atoms with E-state index in [0.717, 1.165) is 31.4 Å². The van der Waals surface area contributed by atoms with E-state index in [0.29, 0.717) is 6.04 Å². The first-order chi connectivity index (χ1) is 10.3. The van der Waals surface area contributed by atoms with Gasteiger partial charge in [-0.1, -0.05) is 19.4 Å². The number of fused-ring (bicyclic) bond motifs is 1. The molecule has 116 valence electrons. The zero-order valence-electron chi connectivity index (χ0n) is 13.4. The molecular weight excluding hydrogens is 260 g/mol. The Labute approximate surface area is 128 Å². The minimum absolute atomic E-state index is 0.669. The molecule has 0 amide bonds. The number of anilines is 1. The van der Waals surface area contributed by atoms with Gasteiger partial charge in [-0.15, -0.1) is 0 Å². The number of nitrogens with zero attached hydrogens (tertiary/aromatic N) is 1. The third kappa shape index (κ3) is 3.34. The Kier molecular flexibility index (Phi) is 4.69. The van der Waals surface area contributed by atoms with Crippen LogP contribution in [0.5, 0.6) is 5.75 Å². The van der Waals surface area contributed by atoms with E-state index < -0.39 is 0 Å². The molecule has 1 saturated heterocycles. The van der Waals surface area contributed by atoms with Crippen LogP contribution in [-0.2, 0) is 6.42 Å². The maximum Gasteiger partial charge on any atom is 0.142 e. The molecule has 1 aromatic carbocycles. The lowest BCUT2D eigenvalue weighted by molar-refractivity contribution is 0.102. The van der Waals surface area contributed by atoms with Crippen molar-refractivity contribution in [1.82, 2.24) is 4.90 Å². The van der Waals surface area contributed by atoms with E-state index in [1.807, 2.05) is 0 Å². The van der Waals surface area contributed by atoms with E-state index in [9.17, 15) is 0 Å². The van der Waals surface area contributed by atoms with Crippen molar-refractivity contribution in [2.24, 2.45) is 0 Å². The molecule has 2 unspecified atom stereocenters. The van der Waals surface area contributed by atoms with Crippen LogP contribution in [0.2, 0.25) is 0 Å². The van der Waals surface area contributed by atoms with Crippen LogP contribution in [0.25, 0.3) is 0 Å². The van der Waals surface area contributed by atoms with Crippen molar-refractivity contribution in [1.29, 1.82) is 0 Å². The number of nitrogens with one attached hydrogen (secondary N) is 1. The van der Waals surface area contributed by atoms with Gasteiger partial charge in [-0.25, -0.2) is 0 Å². The van der Waals surface area contributed by atoms with E-state index >= 15 is 0 Å². The van der Waals surface area contributed by atoms with Gasteiger partial charge in [0.25, 0.3) is 0 Å². The Morgan fingerprint density at radius 2 is 2.29 bits per heavy atom. The molecule has 3 nitrogen and oxygen atoms in total. The van der Waals surface area contributed by atoms with Crippen LogP contribution in [-0.4, -0.2) is 36.7 Å². The normalized spacial score (nSPS) is 23.8. The fourth-order valence-corrected chi connectivity index (χ4v) is 3.75. The van der Waals surface area contributed by atoms with Gasteiger partial charge in [-0.3, -0.25) is 4.90 Å². The number of likely N-dealkylation sites (tertiary alicyclic amines) is 1. The minimum atomic E-state index is 0.669. The van der Waals surface area contributed by atoms with Gasteiger partial charge < -0.3 is 10.1 Å². The maximum absolute atomic E-state index is 5.67. The van der Waals surface area contributed by atoms with E-state index in [-0.39, 0.29) is 0 Å². The largest absolute Gasteiger partial charge is 0.490 e. The zero-order chi connectivity index (χ0) is 14.7. The molecule has 0 aliphatic carbocycles. The molecular formula is C18H28N2O. The van der Waals surface area contributed by atoms with Crippen LogP contribution in [0, 0.1) is 0 Å². The molecule has 0 spiro atoms. The van der Waals surface area contributed by atoms with Crippen molar-refractivity contribution in [3.05, 3.63) is 23.8 Å². The molecule has 0 saturated carbocycles. The average Bonchev–Trinajstić information content (AvgIpc) is 2.53. The van der Waals surface area contributed by atoms with Gasteiger partial charge in [0.2, 0.25) is 0 Å². The summed E-state index contributed by atoms with van der Waals surface area (Å²) in [5.41, 5.74) is 2.59. The first-order valence-electron chi connectivity index (χ1n) is 8.53. The Morgan fingerprint density at radius 3 is 3.10 bits per heavy atom. The molecule has 1 aromatic rings. The van der Waals surface area contributed by atoms with Crippen molar-refractivity contribution in [3.8, 4) is 5.75 Å². The van der Waals surface area contributed by atoms with E-state index in [1.54, 1.807) is 0 Å². The molecule has 1 N–H and O–H groups in total. The summed E-state index contributed by atoms with van der Waals surface area (Å²) in [5.74, 6) is 1.00. The quantitative estimate of drug-likeness (QED) is 0.914. The fourth-order valence-electron chi connectivity index (χ4n) is 3.75. The average molecular weight is 288 g/mol. The first-order valence-corrected chi connectivity index (χ1v) is 8.53. The lowest BCUT2D eigenvalue weighted by atomic mass is 9.95. The van der Waals surface area contributed by atoms with Crippen LogP contribution < -0.4 is 10.1 Å². The van der Waals surface area contributed by atoms with Crippen molar-refractivity contribution in [2.45, 2.75) is 58.0 Å². The molecule has 3 rings (SSSR count). The highest BCUT2D eigenvalue weighted by Gasteiger charge is 2.25. The Hall–Kier alpha value is -1.22. The van der Waals surface area contributed by atoms with Gasteiger partial charge in [0.1, 0.15) is 12.4 Å². The molecule has 3 heteroatoms. The van der Waals surface area contributed by atoms with E-state index in [2.05, 4.69) is 42.3 Å². The predicted octanol–water partition coefficient (Wildman–Crippen LogP) is 3.69. The highest BCUT2D eigenvalue weighted by molar-refractivity contribution is 5.59. The summed E-state index contributed by atoms with van der Waals surface area (Å²) in [4.78, 5) is 2.73. The number of hydrogen-bond acceptors (Lipinski definition) is 3. The molecule has 21 heavy (non-hydrogen) atoms. The summed E-state index contributed by atoms with van der Waals surface area (Å²) in [5, 5.41) is 3.44. The Morgan fingerprint density at radius 1 is 1.38 bits per heavy atom. The molecule has 0 aromatic heterocycles. The monoisotopic (exact) mass is 288 g/mol. The first kappa shape index (κ1) is 14.7. The van der Waals surface area contributed by atoms with Gasteiger partial charge in [-0.05, 0) is 56.8 Å². The molecule has 2 atom stereocenters. The van der Waals surface area contributed by atoms with Gasteiger partial charge in [0.15, 0.2) is 0 Å². The van der Waals surface area contributed by atoms with Crippen molar-refractivity contribution < 1.29 is 4.74 Å². The fraction of sp³-hybridized carbons (Fsp3) is 0.667. The lowest BCUT2D eigenvalue weighted by Crippen LogP contribution is -2.45. The number of piperidine rings is 1. The van der Waals surface area contributed by atoms with Gasteiger partial charge in [0, 0.05) is 18.6 Å². The number of benzene rings is 1. The second-order valence-electron chi connectivity index (χ2n) is 6.45. The zero-order valence-corrected chi connectivity index (χ0v) is 13.4. The second-order valence-corrected chi connectivity index (χ2v) is 6.45. The van der Waals surface area contributed by atoms with Crippen molar-refractivity contribution in [2.75, 3.05) is 25.0 Å². The SMILES string of the molecule is CCC(Cc1ccc2c(c1)NCCO2)N1CCCCC1C. The third-order valence-corrected chi connectivity index (χ3v) is 4.99. The summed E-state index contributed by atoms with van der Waals surface area (Å²) >= 11 is 0. The molecule has 2 aliphatic heterocycles. The van der Waals surface area contributed by atoms with Crippen LogP contribution in [0.4, 0.5) is 5.69 Å². The summed E-state index contributed by atoms with van der Waals surface area (Å²) in [6.45, 7) is 7.67. The second kappa shape index (κ2) is 6.69. The highest BCUT2D eigenvalue weighted by Crippen LogP contribution is 2.30. The Balaban J connectivity index is 1.71. The van der Waals surface area contributed by atoms with Gasteiger partial charge in [0.05, 0.1) is 5.69 Å². The molecule has 2 aliphatic rings. The van der Waals surface area contributed by atoms with Gasteiger partial charge >= 0.3 is 0 Å². The van der Waals surface area contributed by atoms with Crippen LogP contribution in [0.3, 0.4) is 0 Å². The topological polar surface area (TPSA) is 24.5 Å². The Bertz CT molecular complexity index is 474. The van der Waals surface area contributed by atoms with Gasteiger partial charge in [-0.2, -0.15) is 0 Å². The molecule has 0 radical (unpaired) electrons.